The molecule has 1 N–H and O–H groups in total. The number of hydrogen-bond donors (Lipinski definition) is 1. The van der Waals surface area contributed by atoms with Gasteiger partial charge in [-0.3, -0.25) is 0 Å². The Kier molecular flexibility index (Phi) is 2.94. The van der Waals surface area contributed by atoms with Crippen molar-refractivity contribution in [2.75, 3.05) is 4.90 Å². The Morgan fingerprint density at radius 2 is 1.41 bits per heavy atom. The van der Waals surface area contributed by atoms with Crippen LogP contribution in [0.25, 0.3) is 0 Å². The number of nitrogens with zero attached hydrogens (tertiary/aromatic N) is 1. The molecule has 3 aromatic carbocycles. The van der Waals surface area contributed by atoms with E-state index >= 15 is 0 Å². The van der Waals surface area contributed by atoms with Gasteiger partial charge < -0.3 is 14.7 Å². The van der Waals surface area contributed by atoms with Gasteiger partial charge in [0, 0.05) is 5.69 Å². The minimum absolute atomic E-state index is 0.0697. The summed E-state index contributed by atoms with van der Waals surface area (Å²) in [6.45, 7) is 0. The first kappa shape index (κ1) is 13.0. The van der Waals surface area contributed by atoms with Crippen molar-refractivity contribution in [2.24, 2.45) is 0 Å². The Morgan fingerprint density at radius 1 is 0.818 bits per heavy atom. The third-order valence-electron chi connectivity index (χ3n) is 3.62. The van der Waals surface area contributed by atoms with E-state index in [9.17, 15) is 5.11 Å². The van der Waals surface area contributed by atoms with E-state index in [-0.39, 0.29) is 5.75 Å². The van der Waals surface area contributed by atoms with Crippen molar-refractivity contribution in [3.8, 4) is 17.2 Å². The van der Waals surface area contributed by atoms with Gasteiger partial charge in [0.25, 0.3) is 0 Å². The number of ether oxygens (including phenoxy) is 1. The summed E-state index contributed by atoms with van der Waals surface area (Å²) in [5.41, 5.74) is 2.73. The number of fused-ring (bicyclic) bond motifs is 2. The van der Waals surface area contributed by atoms with Crippen molar-refractivity contribution in [3.63, 3.8) is 0 Å². The predicted octanol–water partition coefficient (Wildman–Crippen LogP) is 5.62. The molecule has 0 unspecified atom stereocenters. The molecule has 0 radical (unpaired) electrons. The molecule has 3 aromatic rings. The van der Waals surface area contributed by atoms with Gasteiger partial charge in [0.1, 0.15) is 5.75 Å². The van der Waals surface area contributed by atoms with E-state index in [0.717, 1.165) is 28.6 Å². The van der Waals surface area contributed by atoms with Gasteiger partial charge in [-0.2, -0.15) is 0 Å². The lowest BCUT2D eigenvalue weighted by molar-refractivity contribution is 0.475. The summed E-state index contributed by atoms with van der Waals surface area (Å²) in [4.78, 5) is 2.07. The van der Waals surface area contributed by atoms with Gasteiger partial charge >= 0.3 is 0 Å². The molecule has 0 spiro atoms. The van der Waals surface area contributed by atoms with Gasteiger partial charge in [-0.15, -0.1) is 0 Å². The first-order valence-corrected chi connectivity index (χ1v) is 7.26. The lowest BCUT2D eigenvalue weighted by Crippen LogP contribution is -2.15. The van der Waals surface area contributed by atoms with E-state index < -0.39 is 0 Å². The molecule has 1 aliphatic heterocycles. The average molecular weight is 310 g/mol. The standard InChI is InChI=1S/C18H12ClNO2/c19-13-11-12(9-10-16(13)21)20-14-5-1-3-7-17(14)22-18-8-4-2-6-15(18)20/h1-11,21H. The minimum Gasteiger partial charge on any atom is -0.506 e. The maximum absolute atomic E-state index is 9.66. The average Bonchev–Trinajstić information content (AvgIpc) is 2.55. The molecule has 0 aromatic heterocycles. The van der Waals surface area contributed by atoms with E-state index in [2.05, 4.69) is 4.90 Å². The smallest absolute Gasteiger partial charge is 0.151 e. The molecule has 0 amide bonds. The van der Waals surface area contributed by atoms with Gasteiger partial charge in [0.2, 0.25) is 0 Å². The van der Waals surface area contributed by atoms with Gasteiger partial charge in [0.05, 0.1) is 16.4 Å². The molecule has 4 heteroatoms. The van der Waals surface area contributed by atoms with Crippen LogP contribution in [0.1, 0.15) is 0 Å². The van der Waals surface area contributed by atoms with Crippen molar-refractivity contribution < 1.29 is 9.84 Å². The van der Waals surface area contributed by atoms with E-state index in [1.54, 1.807) is 12.1 Å². The minimum atomic E-state index is 0.0697. The number of anilines is 3. The zero-order valence-corrected chi connectivity index (χ0v) is 12.3. The van der Waals surface area contributed by atoms with E-state index in [4.69, 9.17) is 16.3 Å². The summed E-state index contributed by atoms with van der Waals surface area (Å²) >= 11 is 6.08. The van der Waals surface area contributed by atoms with Gasteiger partial charge in [-0.05, 0) is 42.5 Å². The van der Waals surface area contributed by atoms with Gasteiger partial charge in [0.15, 0.2) is 11.5 Å². The largest absolute Gasteiger partial charge is 0.506 e. The third kappa shape index (κ3) is 1.98. The molecular formula is C18H12ClNO2. The number of benzene rings is 3. The number of aromatic hydroxyl groups is 1. The molecule has 108 valence electrons. The van der Waals surface area contributed by atoms with E-state index in [1.807, 2.05) is 54.6 Å². The number of hydrogen-bond acceptors (Lipinski definition) is 3. The summed E-state index contributed by atoms with van der Waals surface area (Å²) in [5.74, 6) is 1.64. The molecule has 1 heterocycles. The van der Waals surface area contributed by atoms with Crippen molar-refractivity contribution >= 4 is 28.7 Å². The van der Waals surface area contributed by atoms with Crippen LogP contribution in [0.2, 0.25) is 5.02 Å². The fourth-order valence-corrected chi connectivity index (χ4v) is 2.79. The second kappa shape index (κ2) is 4.97. The van der Waals surface area contributed by atoms with Crippen LogP contribution in [0.15, 0.2) is 66.7 Å². The highest BCUT2D eigenvalue weighted by molar-refractivity contribution is 6.32. The Hall–Kier alpha value is -2.65. The summed E-state index contributed by atoms with van der Waals surface area (Å²) < 4.78 is 5.96. The first-order chi connectivity index (χ1) is 10.7. The maximum atomic E-state index is 9.66. The van der Waals surface area contributed by atoms with E-state index in [0.29, 0.717) is 5.02 Å². The lowest BCUT2D eigenvalue weighted by Gasteiger charge is -2.32. The molecule has 1 aliphatic rings. The molecule has 0 atom stereocenters. The highest BCUT2D eigenvalue weighted by Crippen LogP contribution is 2.50. The Morgan fingerprint density at radius 3 is 2.00 bits per heavy atom. The molecule has 4 rings (SSSR count). The van der Waals surface area contributed by atoms with Crippen molar-refractivity contribution in [1.29, 1.82) is 0 Å². The summed E-state index contributed by atoms with van der Waals surface area (Å²) in [5, 5.41) is 9.98. The van der Waals surface area contributed by atoms with Crippen LogP contribution in [0, 0.1) is 0 Å². The number of phenols is 1. The normalized spacial score (nSPS) is 12.3. The molecule has 0 fully saturated rings. The summed E-state index contributed by atoms with van der Waals surface area (Å²) in [6.07, 6.45) is 0. The number of phenolic OH excluding ortho intramolecular Hbond substituents is 1. The monoisotopic (exact) mass is 309 g/mol. The van der Waals surface area contributed by atoms with Gasteiger partial charge in [-0.25, -0.2) is 0 Å². The van der Waals surface area contributed by atoms with Crippen LogP contribution < -0.4 is 9.64 Å². The van der Waals surface area contributed by atoms with Crippen LogP contribution in [-0.2, 0) is 0 Å². The number of para-hydroxylation sites is 4. The number of halogens is 1. The predicted molar refractivity (Wildman–Crippen MR) is 87.9 cm³/mol. The second-order valence-electron chi connectivity index (χ2n) is 5.01. The Bertz CT molecular complexity index is 818. The molecule has 0 saturated carbocycles. The maximum Gasteiger partial charge on any atom is 0.151 e. The van der Waals surface area contributed by atoms with Crippen LogP contribution in [0.5, 0.6) is 17.2 Å². The Balaban J connectivity index is 1.96. The zero-order valence-electron chi connectivity index (χ0n) is 11.5. The van der Waals surface area contributed by atoms with Crippen LogP contribution in [0.4, 0.5) is 17.1 Å². The molecule has 3 nitrogen and oxygen atoms in total. The van der Waals surface area contributed by atoms with Crippen molar-refractivity contribution in [2.45, 2.75) is 0 Å². The zero-order chi connectivity index (χ0) is 15.1. The van der Waals surface area contributed by atoms with Crippen molar-refractivity contribution in [1.82, 2.24) is 0 Å². The lowest BCUT2D eigenvalue weighted by atomic mass is 10.1. The van der Waals surface area contributed by atoms with Gasteiger partial charge in [-0.1, -0.05) is 35.9 Å². The highest BCUT2D eigenvalue weighted by atomic mass is 35.5. The summed E-state index contributed by atoms with van der Waals surface area (Å²) in [7, 11) is 0. The molecule has 0 bridgehead atoms. The molecule has 0 saturated heterocycles. The van der Waals surface area contributed by atoms with Crippen LogP contribution in [0.3, 0.4) is 0 Å². The SMILES string of the molecule is Oc1ccc(N2c3ccccc3Oc3ccccc32)cc1Cl. The number of rotatable bonds is 1. The highest BCUT2D eigenvalue weighted by Gasteiger charge is 2.25. The van der Waals surface area contributed by atoms with E-state index in [1.165, 1.54) is 0 Å². The first-order valence-electron chi connectivity index (χ1n) is 6.88. The fourth-order valence-electron chi connectivity index (χ4n) is 2.62. The Labute approximate surface area is 133 Å². The topological polar surface area (TPSA) is 32.7 Å². The fraction of sp³-hybridized carbons (Fsp3) is 0. The quantitative estimate of drug-likeness (QED) is 0.495. The summed E-state index contributed by atoms with van der Waals surface area (Å²) in [6, 6.07) is 20.8. The van der Waals surface area contributed by atoms with Crippen LogP contribution in [-0.4, -0.2) is 5.11 Å². The molecule has 0 aliphatic carbocycles. The van der Waals surface area contributed by atoms with Crippen molar-refractivity contribution in [3.05, 3.63) is 71.8 Å². The molecular weight excluding hydrogens is 298 g/mol. The third-order valence-corrected chi connectivity index (χ3v) is 3.92. The second-order valence-corrected chi connectivity index (χ2v) is 5.42. The van der Waals surface area contributed by atoms with Crippen LogP contribution >= 0.6 is 11.6 Å². The molecule has 22 heavy (non-hydrogen) atoms.